The van der Waals surface area contributed by atoms with Gasteiger partial charge in [-0.05, 0) is 11.6 Å². The van der Waals surface area contributed by atoms with Gasteiger partial charge in [0, 0.05) is 17.8 Å². The summed E-state index contributed by atoms with van der Waals surface area (Å²) >= 11 is 5.48. The minimum Gasteiger partial charge on any atom is -0.334 e. The molecule has 20 heavy (non-hydrogen) atoms. The number of aromatic nitrogens is 2. The number of benzene rings is 1. The van der Waals surface area contributed by atoms with E-state index in [4.69, 9.17) is 11.6 Å². The lowest BCUT2D eigenvalue weighted by Gasteiger charge is -2.07. The van der Waals surface area contributed by atoms with Crippen LogP contribution < -0.4 is 5.32 Å². The van der Waals surface area contributed by atoms with Gasteiger partial charge in [0.15, 0.2) is 17.5 Å². The van der Waals surface area contributed by atoms with Crippen molar-refractivity contribution in [2.75, 3.05) is 5.32 Å². The predicted molar refractivity (Wildman–Crippen MR) is 63.3 cm³/mol. The van der Waals surface area contributed by atoms with Crippen LogP contribution in [-0.2, 0) is 0 Å². The molecule has 2 aromatic rings. The fourth-order valence-electron chi connectivity index (χ4n) is 1.34. The van der Waals surface area contributed by atoms with Crippen molar-refractivity contribution in [3.05, 3.63) is 51.2 Å². The highest BCUT2D eigenvalue weighted by Crippen LogP contribution is 2.27. The SMILES string of the molecule is O=[N+]([O-])c1cnc(Cl)nc1Nc1cc(F)c(F)c(F)c1. The van der Waals surface area contributed by atoms with Crippen LogP contribution in [0.3, 0.4) is 0 Å². The van der Waals surface area contributed by atoms with Crippen LogP contribution in [0.25, 0.3) is 0 Å². The van der Waals surface area contributed by atoms with Gasteiger partial charge in [-0.3, -0.25) is 10.1 Å². The van der Waals surface area contributed by atoms with Crippen LogP contribution >= 0.6 is 11.6 Å². The Balaban J connectivity index is 2.44. The summed E-state index contributed by atoms with van der Waals surface area (Å²) in [5, 5.41) is 12.7. The molecule has 0 aliphatic rings. The number of nitrogens with zero attached hydrogens (tertiary/aromatic N) is 3. The van der Waals surface area contributed by atoms with Crippen LogP contribution in [0.15, 0.2) is 18.3 Å². The van der Waals surface area contributed by atoms with Gasteiger partial charge in [-0.15, -0.1) is 0 Å². The molecule has 0 atom stereocenters. The van der Waals surface area contributed by atoms with Gasteiger partial charge in [0.2, 0.25) is 11.1 Å². The van der Waals surface area contributed by atoms with Crippen LogP contribution in [0.2, 0.25) is 5.28 Å². The molecule has 0 spiro atoms. The van der Waals surface area contributed by atoms with E-state index >= 15 is 0 Å². The Morgan fingerprint density at radius 2 is 1.85 bits per heavy atom. The van der Waals surface area contributed by atoms with E-state index in [1.165, 1.54) is 0 Å². The number of nitrogens with one attached hydrogen (secondary N) is 1. The van der Waals surface area contributed by atoms with Gasteiger partial charge >= 0.3 is 5.69 Å². The van der Waals surface area contributed by atoms with Crippen molar-refractivity contribution < 1.29 is 18.1 Å². The van der Waals surface area contributed by atoms with Crippen LogP contribution in [-0.4, -0.2) is 14.9 Å². The average molecular weight is 305 g/mol. The first-order valence-corrected chi connectivity index (χ1v) is 5.35. The van der Waals surface area contributed by atoms with E-state index in [-0.39, 0.29) is 16.8 Å². The number of nitro groups is 1. The first-order chi connectivity index (χ1) is 9.38. The highest BCUT2D eigenvalue weighted by atomic mass is 35.5. The zero-order chi connectivity index (χ0) is 14.9. The number of hydrogen-bond donors (Lipinski definition) is 1. The molecule has 0 aliphatic carbocycles. The first kappa shape index (κ1) is 14.0. The zero-order valence-electron chi connectivity index (χ0n) is 9.40. The van der Waals surface area contributed by atoms with Crippen LogP contribution in [0, 0.1) is 27.6 Å². The molecule has 1 aromatic carbocycles. The first-order valence-electron chi connectivity index (χ1n) is 4.97. The van der Waals surface area contributed by atoms with Crippen molar-refractivity contribution >= 4 is 28.8 Å². The smallest absolute Gasteiger partial charge is 0.329 e. The predicted octanol–water partition coefficient (Wildman–Crippen LogP) is 3.20. The lowest BCUT2D eigenvalue weighted by molar-refractivity contribution is -0.384. The monoisotopic (exact) mass is 304 g/mol. The number of halogens is 4. The molecule has 0 saturated heterocycles. The normalized spacial score (nSPS) is 10.4. The Morgan fingerprint density at radius 1 is 1.25 bits per heavy atom. The van der Waals surface area contributed by atoms with Crippen LogP contribution in [0.4, 0.5) is 30.4 Å². The Morgan fingerprint density at radius 3 is 2.40 bits per heavy atom. The second-order valence-electron chi connectivity index (χ2n) is 3.51. The summed E-state index contributed by atoms with van der Waals surface area (Å²) in [6, 6.07) is 1.25. The number of anilines is 2. The largest absolute Gasteiger partial charge is 0.334 e. The third-order valence-electron chi connectivity index (χ3n) is 2.18. The van der Waals surface area contributed by atoms with Crippen molar-refractivity contribution in [1.29, 1.82) is 0 Å². The van der Waals surface area contributed by atoms with Gasteiger partial charge in [-0.1, -0.05) is 0 Å². The Kier molecular flexibility index (Phi) is 3.70. The number of hydrogen-bond acceptors (Lipinski definition) is 5. The van der Waals surface area contributed by atoms with Gasteiger partial charge in [-0.2, -0.15) is 4.98 Å². The molecule has 0 saturated carbocycles. The molecule has 0 amide bonds. The van der Waals surface area contributed by atoms with E-state index in [9.17, 15) is 23.3 Å². The topological polar surface area (TPSA) is 81.0 Å². The minimum atomic E-state index is -1.65. The highest BCUT2D eigenvalue weighted by molar-refractivity contribution is 6.28. The molecule has 0 aliphatic heterocycles. The molecule has 0 bridgehead atoms. The van der Waals surface area contributed by atoms with Crippen LogP contribution in [0.5, 0.6) is 0 Å². The van der Waals surface area contributed by atoms with Crippen molar-refractivity contribution in [1.82, 2.24) is 9.97 Å². The molecule has 0 unspecified atom stereocenters. The van der Waals surface area contributed by atoms with Gasteiger partial charge < -0.3 is 5.32 Å². The van der Waals surface area contributed by atoms with Crippen molar-refractivity contribution in [2.24, 2.45) is 0 Å². The van der Waals surface area contributed by atoms with E-state index < -0.39 is 28.1 Å². The zero-order valence-corrected chi connectivity index (χ0v) is 10.2. The Labute approximate surface area is 114 Å². The Bertz CT molecular complexity index is 675. The lowest BCUT2D eigenvalue weighted by atomic mass is 10.3. The molecule has 1 aromatic heterocycles. The summed E-state index contributed by atoms with van der Waals surface area (Å²) in [7, 11) is 0. The van der Waals surface area contributed by atoms with Gasteiger partial charge in [0.05, 0.1) is 4.92 Å². The fraction of sp³-hybridized carbons (Fsp3) is 0. The molecule has 1 N–H and O–H groups in total. The Hall–Kier alpha value is -2.42. The molecule has 104 valence electrons. The quantitative estimate of drug-likeness (QED) is 0.407. The molecule has 1 heterocycles. The summed E-state index contributed by atoms with van der Waals surface area (Å²) in [6.07, 6.45) is 0.827. The highest BCUT2D eigenvalue weighted by Gasteiger charge is 2.18. The summed E-state index contributed by atoms with van der Waals surface area (Å²) in [5.74, 6) is -4.92. The standard InChI is InChI=1S/C10H4ClF3N4O2/c11-10-15-3-7(18(19)20)9(17-10)16-4-1-5(12)8(14)6(13)2-4/h1-3H,(H,15,16,17). The maximum Gasteiger partial charge on any atom is 0.329 e. The summed E-state index contributed by atoms with van der Waals surface area (Å²) in [6.45, 7) is 0. The lowest BCUT2D eigenvalue weighted by Crippen LogP contribution is -2.02. The number of rotatable bonds is 3. The van der Waals surface area contributed by atoms with E-state index in [1.807, 2.05) is 0 Å². The van der Waals surface area contributed by atoms with Crippen molar-refractivity contribution in [2.45, 2.75) is 0 Å². The van der Waals surface area contributed by atoms with E-state index in [2.05, 4.69) is 15.3 Å². The third-order valence-corrected chi connectivity index (χ3v) is 2.37. The van der Waals surface area contributed by atoms with E-state index in [0.717, 1.165) is 6.20 Å². The molecule has 0 fully saturated rings. The second-order valence-corrected chi connectivity index (χ2v) is 3.85. The minimum absolute atomic E-state index is 0.265. The second kappa shape index (κ2) is 5.29. The van der Waals surface area contributed by atoms with E-state index in [1.54, 1.807) is 0 Å². The van der Waals surface area contributed by atoms with Gasteiger partial charge in [0.25, 0.3) is 0 Å². The maximum atomic E-state index is 13.0. The van der Waals surface area contributed by atoms with Crippen LogP contribution in [0.1, 0.15) is 0 Å². The van der Waals surface area contributed by atoms with Crippen molar-refractivity contribution in [3.8, 4) is 0 Å². The average Bonchev–Trinajstić information content (AvgIpc) is 2.35. The third kappa shape index (κ3) is 2.77. The molecule has 2 rings (SSSR count). The van der Waals surface area contributed by atoms with Gasteiger partial charge in [-0.25, -0.2) is 18.2 Å². The molecule has 0 radical (unpaired) electrons. The van der Waals surface area contributed by atoms with E-state index in [0.29, 0.717) is 12.1 Å². The van der Waals surface area contributed by atoms with Gasteiger partial charge in [0.1, 0.15) is 6.20 Å². The summed E-state index contributed by atoms with van der Waals surface area (Å²) in [4.78, 5) is 16.9. The maximum absolute atomic E-state index is 13.0. The molecular formula is C10H4ClF3N4O2. The molecule has 10 heteroatoms. The summed E-state index contributed by atoms with van der Waals surface area (Å²) < 4.78 is 38.9. The fourth-order valence-corrected chi connectivity index (χ4v) is 1.48. The molecular weight excluding hydrogens is 301 g/mol. The van der Waals surface area contributed by atoms with Crippen molar-refractivity contribution in [3.63, 3.8) is 0 Å². The summed E-state index contributed by atoms with van der Waals surface area (Å²) in [5.41, 5.74) is -0.821. The molecule has 6 nitrogen and oxygen atoms in total.